The summed E-state index contributed by atoms with van der Waals surface area (Å²) in [5.41, 5.74) is 0. The fourth-order valence-corrected chi connectivity index (χ4v) is 8.95. The van der Waals surface area contributed by atoms with Gasteiger partial charge in [-0.1, -0.05) is 0 Å². The van der Waals surface area contributed by atoms with Crippen LogP contribution in [0.1, 0.15) is 65.2 Å². The summed E-state index contributed by atoms with van der Waals surface area (Å²) in [5, 5.41) is 10.1. The van der Waals surface area contributed by atoms with Crippen molar-refractivity contribution < 1.29 is 14.7 Å². The normalized spacial score (nSPS) is 34.1. The zero-order valence-corrected chi connectivity index (χ0v) is 22.7. The van der Waals surface area contributed by atoms with Gasteiger partial charge >= 0.3 is 201 Å². The van der Waals surface area contributed by atoms with Crippen molar-refractivity contribution in [2.45, 2.75) is 91.8 Å². The minimum atomic E-state index is -0.607. The van der Waals surface area contributed by atoms with Crippen LogP contribution in [0, 0.1) is 11.8 Å². The summed E-state index contributed by atoms with van der Waals surface area (Å²) >= 11 is 7.15. The standard InChI is InChI=1S/C21H35N2O3S2.In/c1-3-5-6-7-8-9-11-22-12-10-14(13-22)18-17(21(26)27)23-19(25)16(15(24)4-2)20(23)28-18;/h11,14-18,20,24H,3-10,12-13H2,1-2H3,(H,26,27);/t14?,15-,16+,17?,18?,20+;/m0./s1. The van der Waals surface area contributed by atoms with E-state index in [0.29, 0.717) is 16.1 Å². The number of fused-ring (bicyclic) bond motifs is 1. The first-order valence-corrected chi connectivity index (χ1v) is 14.6. The summed E-state index contributed by atoms with van der Waals surface area (Å²) in [6.45, 7) is 6.30. The molecule has 3 rings (SSSR count). The second kappa shape index (κ2) is 11.0. The maximum absolute atomic E-state index is 12.6. The maximum atomic E-state index is 12.6. The minimum absolute atomic E-state index is 0.0534. The number of hydrogen-bond acceptors (Lipinski definition) is 5. The molecule has 5 nitrogen and oxygen atoms in total. The molecule has 4 unspecified atom stereocenters. The number of aliphatic hydroxyl groups excluding tert-OH is 1. The van der Waals surface area contributed by atoms with Crippen LogP contribution in [0.2, 0.25) is 0 Å². The third-order valence-corrected chi connectivity index (χ3v) is 11.1. The van der Waals surface area contributed by atoms with E-state index in [1.165, 1.54) is 62.9 Å². The van der Waals surface area contributed by atoms with Gasteiger partial charge in [-0.2, -0.15) is 0 Å². The molecule has 0 spiro atoms. The number of aliphatic hydroxyl groups is 1. The third kappa shape index (κ3) is 5.18. The Kier molecular flexibility index (Phi) is 9.19. The van der Waals surface area contributed by atoms with Gasteiger partial charge in [0.05, 0.1) is 0 Å². The molecule has 0 saturated carbocycles. The van der Waals surface area contributed by atoms with Crippen LogP contribution in [-0.2, 0) is 9.59 Å². The molecular formula is C21H35InN2O3S2. The Bertz CT molecular complexity index is 596. The molecule has 2 radical (unpaired) electrons. The Hall–Kier alpha value is 0.630. The molecule has 0 aliphatic carbocycles. The topological polar surface area (TPSA) is 60.9 Å². The summed E-state index contributed by atoms with van der Waals surface area (Å²) in [6, 6.07) is -0.424. The molecule has 0 aromatic rings. The van der Waals surface area contributed by atoms with Gasteiger partial charge in [-0.3, -0.25) is 0 Å². The molecule has 3 heterocycles. The van der Waals surface area contributed by atoms with Gasteiger partial charge in [0.1, 0.15) is 0 Å². The van der Waals surface area contributed by atoms with Gasteiger partial charge < -0.3 is 0 Å². The number of hydrogen-bond donors (Lipinski definition) is 2. The van der Waals surface area contributed by atoms with Crippen molar-refractivity contribution in [3.63, 3.8) is 0 Å². The Morgan fingerprint density at radius 2 is 2.03 bits per heavy atom. The van der Waals surface area contributed by atoms with Crippen molar-refractivity contribution in [3.05, 3.63) is 0 Å². The van der Waals surface area contributed by atoms with Gasteiger partial charge in [-0.05, 0) is 0 Å². The Labute approximate surface area is 200 Å². The molecule has 3 aliphatic rings. The number of likely N-dealkylation sites (tertiary alicyclic amines) is 1. The SMILES string of the molecule is CCCCCCC[CH]([In])N1CCC(C2S[C@@H]3[C@H]([C@@H](O)CC)C(=O)N3C2C(=O)S)C1. The number of β-lactam (4-membered cyclic amide) rings is 1. The molecule has 0 aromatic carbocycles. The van der Waals surface area contributed by atoms with Crippen molar-refractivity contribution in [1.82, 2.24) is 9.80 Å². The van der Waals surface area contributed by atoms with Crippen LogP contribution in [0.4, 0.5) is 0 Å². The summed E-state index contributed by atoms with van der Waals surface area (Å²) in [6.07, 6.45) is 9.01. The number of thiol groups is 1. The van der Waals surface area contributed by atoms with Gasteiger partial charge in [-0.15, -0.1) is 0 Å². The number of carbonyl (C=O) groups is 2. The van der Waals surface area contributed by atoms with E-state index >= 15 is 0 Å². The predicted molar refractivity (Wildman–Crippen MR) is 122 cm³/mol. The summed E-state index contributed by atoms with van der Waals surface area (Å²) in [4.78, 5) is 29.3. The van der Waals surface area contributed by atoms with Crippen LogP contribution in [-0.4, -0.2) is 90.0 Å². The van der Waals surface area contributed by atoms with Crippen molar-refractivity contribution in [1.29, 1.82) is 0 Å². The monoisotopic (exact) mass is 542 g/mol. The summed E-state index contributed by atoms with van der Waals surface area (Å²) in [7, 11) is 0. The van der Waals surface area contributed by atoms with E-state index in [-0.39, 0.29) is 27.6 Å². The molecule has 3 fully saturated rings. The van der Waals surface area contributed by atoms with Crippen molar-refractivity contribution >= 4 is 59.8 Å². The average molecular weight is 542 g/mol. The molecule has 8 heteroatoms. The first kappa shape index (κ1) is 24.3. The van der Waals surface area contributed by atoms with E-state index in [1.54, 1.807) is 16.7 Å². The first-order valence-electron chi connectivity index (χ1n) is 11.3. The molecule has 7 atom stereocenters. The van der Waals surface area contributed by atoms with Crippen LogP contribution < -0.4 is 0 Å². The van der Waals surface area contributed by atoms with Crippen molar-refractivity contribution in [3.8, 4) is 0 Å². The van der Waals surface area contributed by atoms with Crippen LogP contribution >= 0.6 is 24.4 Å². The van der Waals surface area contributed by atoms with Gasteiger partial charge in [0.2, 0.25) is 0 Å². The molecule has 162 valence electrons. The van der Waals surface area contributed by atoms with Crippen LogP contribution in [0.15, 0.2) is 0 Å². The van der Waals surface area contributed by atoms with Crippen molar-refractivity contribution in [2.24, 2.45) is 11.8 Å². The number of rotatable bonds is 11. The zero-order valence-electron chi connectivity index (χ0n) is 17.7. The number of amides is 1. The molecular weight excluding hydrogens is 507 g/mol. The van der Waals surface area contributed by atoms with Gasteiger partial charge in [0, 0.05) is 0 Å². The Morgan fingerprint density at radius 3 is 2.69 bits per heavy atom. The third-order valence-electron chi connectivity index (χ3n) is 6.91. The average Bonchev–Trinajstić information content (AvgIpc) is 3.30. The zero-order chi connectivity index (χ0) is 21.1. The fraction of sp³-hybridized carbons (Fsp3) is 0.905. The van der Waals surface area contributed by atoms with E-state index in [2.05, 4.69) is 24.5 Å². The van der Waals surface area contributed by atoms with E-state index in [0.717, 1.165) is 19.5 Å². The molecule has 0 bridgehead atoms. The fourth-order valence-electron chi connectivity index (χ4n) is 5.11. The van der Waals surface area contributed by atoms with Gasteiger partial charge in [0.25, 0.3) is 0 Å². The molecule has 0 aromatic heterocycles. The predicted octanol–water partition coefficient (Wildman–Crippen LogP) is 2.66. The molecule has 29 heavy (non-hydrogen) atoms. The van der Waals surface area contributed by atoms with E-state index in [4.69, 9.17) is 0 Å². The Balaban J connectivity index is 1.56. The Morgan fingerprint density at radius 1 is 1.31 bits per heavy atom. The van der Waals surface area contributed by atoms with Crippen LogP contribution in [0.25, 0.3) is 0 Å². The van der Waals surface area contributed by atoms with Gasteiger partial charge in [0.15, 0.2) is 0 Å². The van der Waals surface area contributed by atoms with Crippen LogP contribution in [0.5, 0.6) is 0 Å². The first-order chi connectivity index (χ1) is 13.9. The van der Waals surface area contributed by atoms with E-state index in [1.807, 2.05) is 6.92 Å². The molecule has 3 saturated heterocycles. The summed E-state index contributed by atoms with van der Waals surface area (Å²) < 4.78 is 0.705. The van der Waals surface area contributed by atoms with Gasteiger partial charge in [-0.25, -0.2) is 0 Å². The van der Waals surface area contributed by atoms with E-state index < -0.39 is 12.1 Å². The number of thioether (sulfide) groups is 1. The van der Waals surface area contributed by atoms with E-state index in [9.17, 15) is 14.7 Å². The van der Waals surface area contributed by atoms with Crippen molar-refractivity contribution in [2.75, 3.05) is 13.1 Å². The second-order valence-electron chi connectivity index (χ2n) is 8.84. The quantitative estimate of drug-likeness (QED) is 0.239. The second-order valence-corrected chi connectivity index (χ2v) is 12.8. The summed E-state index contributed by atoms with van der Waals surface area (Å²) in [5.74, 6) is 0.0135. The number of nitrogens with zero attached hydrogens (tertiary/aromatic N) is 2. The molecule has 3 aliphatic heterocycles. The molecule has 1 N–H and O–H groups in total. The number of unbranched alkanes of at least 4 members (excludes halogenated alkanes) is 4. The number of carbonyl (C=O) groups excluding carboxylic acids is 2. The van der Waals surface area contributed by atoms with Crippen LogP contribution in [0.3, 0.4) is 0 Å². The molecule has 1 amide bonds.